The van der Waals surface area contributed by atoms with Crippen molar-refractivity contribution in [2.75, 3.05) is 0 Å². The molecular weight excluding hydrogens is 172 g/mol. The van der Waals surface area contributed by atoms with Crippen LogP contribution < -0.4 is 5.76 Å². The van der Waals surface area contributed by atoms with Gasteiger partial charge in [0.05, 0.1) is 0 Å². The van der Waals surface area contributed by atoms with Crippen molar-refractivity contribution in [2.45, 2.75) is 6.92 Å². The Morgan fingerprint density at radius 2 is 2.08 bits per heavy atom. The fourth-order valence-electron chi connectivity index (χ4n) is 0.841. The molecule has 66 valence electrons. The van der Waals surface area contributed by atoms with Crippen LogP contribution in [0.15, 0.2) is 21.7 Å². The van der Waals surface area contributed by atoms with Crippen LogP contribution in [0.2, 0.25) is 0 Å². The summed E-state index contributed by atoms with van der Waals surface area (Å²) >= 11 is 0. The van der Waals surface area contributed by atoms with Gasteiger partial charge in [-0.3, -0.25) is 9.51 Å². The van der Waals surface area contributed by atoms with E-state index < -0.39 is 5.76 Å². The van der Waals surface area contributed by atoms with Crippen molar-refractivity contribution in [2.24, 2.45) is 0 Å². The summed E-state index contributed by atoms with van der Waals surface area (Å²) in [7, 11) is 0. The van der Waals surface area contributed by atoms with E-state index in [0.29, 0.717) is 5.82 Å². The van der Waals surface area contributed by atoms with Gasteiger partial charge in [-0.05, 0) is 12.5 Å². The molecule has 2 aromatic heterocycles. The number of aromatic nitrogens is 4. The molecule has 0 spiro atoms. The van der Waals surface area contributed by atoms with Crippen LogP contribution >= 0.6 is 0 Å². The Morgan fingerprint density at radius 3 is 2.62 bits per heavy atom. The third kappa shape index (κ3) is 1.46. The zero-order valence-corrected chi connectivity index (χ0v) is 6.81. The van der Waals surface area contributed by atoms with E-state index in [1.54, 1.807) is 12.4 Å². The van der Waals surface area contributed by atoms with Gasteiger partial charge in [-0.15, -0.1) is 0 Å². The maximum Gasteiger partial charge on any atom is 0.439 e. The number of aromatic amines is 1. The van der Waals surface area contributed by atoms with Crippen LogP contribution in [0.4, 0.5) is 0 Å². The lowest BCUT2D eigenvalue weighted by molar-refractivity contribution is 0.387. The number of hydrogen-bond acceptors (Lipinski definition) is 5. The van der Waals surface area contributed by atoms with Gasteiger partial charge in [-0.1, -0.05) is 5.16 Å². The third-order valence-electron chi connectivity index (χ3n) is 1.43. The van der Waals surface area contributed by atoms with Gasteiger partial charge in [0.1, 0.15) is 0 Å². The number of nitrogens with zero attached hydrogens (tertiary/aromatic N) is 3. The van der Waals surface area contributed by atoms with Gasteiger partial charge in [-0.2, -0.15) is 0 Å². The molecule has 2 heterocycles. The summed E-state index contributed by atoms with van der Waals surface area (Å²) in [6, 6.07) is 0. The average molecular weight is 178 g/mol. The second-order valence-electron chi connectivity index (χ2n) is 2.53. The molecule has 2 aromatic rings. The predicted octanol–water partition coefficient (Wildman–Crippen LogP) is 0.128. The number of H-pyrrole nitrogens is 1. The largest absolute Gasteiger partial charge is 0.439 e. The quantitative estimate of drug-likeness (QED) is 0.670. The molecule has 6 heteroatoms. The smallest absolute Gasteiger partial charge is 0.295 e. The second kappa shape index (κ2) is 2.81. The Hall–Kier alpha value is -1.98. The van der Waals surface area contributed by atoms with Gasteiger partial charge in [0.2, 0.25) is 5.82 Å². The Balaban J connectivity index is 2.47. The van der Waals surface area contributed by atoms with Gasteiger partial charge in [0.15, 0.2) is 5.82 Å². The number of aryl methyl sites for hydroxylation is 1. The minimum Gasteiger partial charge on any atom is -0.295 e. The van der Waals surface area contributed by atoms with E-state index in [-0.39, 0.29) is 5.82 Å². The topological polar surface area (TPSA) is 84.7 Å². The number of hydrogen-bond donors (Lipinski definition) is 1. The second-order valence-corrected chi connectivity index (χ2v) is 2.53. The molecule has 6 nitrogen and oxygen atoms in total. The Kier molecular flexibility index (Phi) is 1.66. The molecule has 0 atom stereocenters. The van der Waals surface area contributed by atoms with Crippen LogP contribution in [0.1, 0.15) is 5.56 Å². The maximum atomic E-state index is 10.6. The molecule has 0 aliphatic heterocycles. The van der Waals surface area contributed by atoms with Crippen molar-refractivity contribution >= 4 is 0 Å². The molecule has 0 aliphatic carbocycles. The molecule has 2 rings (SSSR count). The summed E-state index contributed by atoms with van der Waals surface area (Å²) in [6.45, 7) is 1.87. The summed E-state index contributed by atoms with van der Waals surface area (Å²) in [6.07, 6.45) is 3.27. The minimum absolute atomic E-state index is 0.241. The van der Waals surface area contributed by atoms with Crippen LogP contribution in [0.25, 0.3) is 11.6 Å². The van der Waals surface area contributed by atoms with Gasteiger partial charge in [0, 0.05) is 12.4 Å². The van der Waals surface area contributed by atoms with Crippen molar-refractivity contribution < 1.29 is 4.52 Å². The molecule has 0 unspecified atom stereocenters. The zero-order valence-electron chi connectivity index (χ0n) is 6.81. The van der Waals surface area contributed by atoms with Crippen molar-refractivity contribution in [1.29, 1.82) is 0 Å². The first kappa shape index (κ1) is 7.66. The Bertz CT molecular complexity index is 456. The normalized spacial score (nSPS) is 10.2. The monoisotopic (exact) mass is 178 g/mol. The van der Waals surface area contributed by atoms with Crippen LogP contribution in [-0.4, -0.2) is 20.1 Å². The van der Waals surface area contributed by atoms with E-state index in [1.165, 1.54) is 0 Å². The first-order chi connectivity index (χ1) is 6.25. The highest BCUT2D eigenvalue weighted by Crippen LogP contribution is 2.04. The summed E-state index contributed by atoms with van der Waals surface area (Å²) in [4.78, 5) is 20.9. The molecule has 1 N–H and O–H groups in total. The standard InChI is InChI=1S/C7H6N4O2/c1-4-2-8-5(9-3-4)6-10-7(12)13-11-6/h2-3H,1H3,(H,10,11,12). The fraction of sp³-hybridized carbons (Fsp3) is 0.143. The fourth-order valence-corrected chi connectivity index (χ4v) is 0.841. The van der Waals surface area contributed by atoms with E-state index in [9.17, 15) is 4.79 Å². The highest BCUT2D eigenvalue weighted by molar-refractivity contribution is 5.40. The maximum absolute atomic E-state index is 10.6. The molecule has 0 fully saturated rings. The summed E-state index contributed by atoms with van der Waals surface area (Å²) in [5, 5.41) is 3.45. The van der Waals surface area contributed by atoms with Crippen LogP contribution in [0.3, 0.4) is 0 Å². The van der Waals surface area contributed by atoms with Crippen molar-refractivity contribution in [3.8, 4) is 11.6 Å². The molecule has 0 aliphatic rings. The highest BCUT2D eigenvalue weighted by Gasteiger charge is 2.05. The van der Waals surface area contributed by atoms with Crippen LogP contribution in [0.5, 0.6) is 0 Å². The Morgan fingerprint density at radius 1 is 1.38 bits per heavy atom. The third-order valence-corrected chi connectivity index (χ3v) is 1.43. The van der Waals surface area contributed by atoms with E-state index in [4.69, 9.17) is 0 Å². The number of nitrogens with one attached hydrogen (secondary N) is 1. The first-order valence-electron chi connectivity index (χ1n) is 3.61. The first-order valence-corrected chi connectivity index (χ1v) is 3.61. The highest BCUT2D eigenvalue weighted by atomic mass is 16.5. The van der Waals surface area contributed by atoms with Gasteiger partial charge in [-0.25, -0.2) is 14.8 Å². The van der Waals surface area contributed by atoms with Crippen molar-refractivity contribution in [3.05, 3.63) is 28.5 Å². The molecule has 0 aromatic carbocycles. The summed E-state index contributed by atoms with van der Waals surface area (Å²) < 4.78 is 4.31. The molecular formula is C7H6N4O2. The lowest BCUT2D eigenvalue weighted by Gasteiger charge is -1.92. The number of rotatable bonds is 1. The molecule has 13 heavy (non-hydrogen) atoms. The van der Waals surface area contributed by atoms with E-state index >= 15 is 0 Å². The van der Waals surface area contributed by atoms with E-state index in [2.05, 4.69) is 24.6 Å². The molecule has 0 saturated heterocycles. The summed E-state index contributed by atoms with van der Waals surface area (Å²) in [5.74, 6) is -0.0272. The Labute approximate surface area is 72.6 Å². The minimum atomic E-state index is -0.612. The lowest BCUT2D eigenvalue weighted by Crippen LogP contribution is -1.96. The van der Waals surface area contributed by atoms with Crippen molar-refractivity contribution in [3.63, 3.8) is 0 Å². The lowest BCUT2D eigenvalue weighted by atomic mass is 10.4. The average Bonchev–Trinajstić information content (AvgIpc) is 2.53. The van der Waals surface area contributed by atoms with E-state index in [1.807, 2.05) is 6.92 Å². The molecule has 0 radical (unpaired) electrons. The van der Waals surface area contributed by atoms with Crippen LogP contribution in [0, 0.1) is 6.92 Å². The van der Waals surface area contributed by atoms with Gasteiger partial charge < -0.3 is 0 Å². The predicted molar refractivity (Wildman–Crippen MR) is 42.9 cm³/mol. The van der Waals surface area contributed by atoms with Gasteiger partial charge >= 0.3 is 5.76 Å². The van der Waals surface area contributed by atoms with Crippen LogP contribution in [-0.2, 0) is 0 Å². The molecule has 0 amide bonds. The van der Waals surface area contributed by atoms with E-state index in [0.717, 1.165) is 5.56 Å². The zero-order chi connectivity index (χ0) is 9.26. The summed E-state index contributed by atoms with van der Waals surface area (Å²) in [5.41, 5.74) is 0.939. The van der Waals surface area contributed by atoms with Crippen molar-refractivity contribution in [1.82, 2.24) is 20.1 Å². The molecule has 0 saturated carbocycles. The SMILES string of the molecule is Cc1cnc(-c2noc(=O)[nH]2)nc1. The van der Waals surface area contributed by atoms with Gasteiger partial charge in [0.25, 0.3) is 0 Å². The molecule has 0 bridgehead atoms.